The van der Waals surface area contributed by atoms with Crippen LogP contribution >= 0.6 is 11.3 Å². The monoisotopic (exact) mass is 580 g/mol. The molecule has 0 bridgehead atoms. The van der Waals surface area contributed by atoms with Crippen LogP contribution in [0.2, 0.25) is 0 Å². The molecule has 0 atom stereocenters. The van der Waals surface area contributed by atoms with Crippen molar-refractivity contribution < 1.29 is 0 Å². The van der Waals surface area contributed by atoms with Crippen LogP contribution in [0.1, 0.15) is 0 Å². The molecule has 206 valence electrons. The third-order valence-corrected chi connectivity index (χ3v) is 9.48. The van der Waals surface area contributed by atoms with Gasteiger partial charge in [-0.25, -0.2) is 15.0 Å². The van der Waals surface area contributed by atoms with Crippen molar-refractivity contribution in [3.8, 4) is 39.9 Å². The Morgan fingerprint density at radius 2 is 1.07 bits per heavy atom. The first-order chi connectivity index (χ1) is 21.8. The lowest BCUT2D eigenvalue weighted by Gasteiger charge is -2.10. The van der Waals surface area contributed by atoms with Crippen LogP contribution in [0.5, 0.6) is 0 Å². The minimum Gasteiger partial charge on any atom is -0.309 e. The van der Waals surface area contributed by atoms with Gasteiger partial charge in [-0.2, -0.15) is 0 Å². The molecule has 6 aromatic carbocycles. The first-order valence-electron chi connectivity index (χ1n) is 14.6. The molecule has 9 aromatic rings. The average Bonchev–Trinajstić information content (AvgIpc) is 3.64. The van der Waals surface area contributed by atoms with Gasteiger partial charge >= 0.3 is 0 Å². The number of rotatable bonds is 4. The maximum Gasteiger partial charge on any atom is 0.165 e. The number of para-hydroxylation sites is 2. The Bertz CT molecular complexity index is 2490. The Morgan fingerprint density at radius 3 is 1.91 bits per heavy atom. The minimum atomic E-state index is 0.658. The summed E-state index contributed by atoms with van der Waals surface area (Å²) in [6.45, 7) is 0. The molecule has 5 heteroatoms. The molecule has 0 saturated heterocycles. The number of nitrogens with zero attached hydrogens (tertiary/aromatic N) is 4. The first-order valence-corrected chi connectivity index (χ1v) is 15.4. The van der Waals surface area contributed by atoms with Gasteiger partial charge in [0.15, 0.2) is 17.5 Å². The molecule has 0 aliphatic carbocycles. The molecule has 3 heterocycles. The summed E-state index contributed by atoms with van der Waals surface area (Å²) in [5, 5.41) is 4.84. The maximum absolute atomic E-state index is 5.15. The third-order valence-electron chi connectivity index (χ3n) is 8.26. The van der Waals surface area contributed by atoms with Crippen LogP contribution in [-0.2, 0) is 0 Å². The molecule has 0 unspecified atom stereocenters. The second-order valence-electron chi connectivity index (χ2n) is 10.9. The van der Waals surface area contributed by atoms with Crippen LogP contribution in [-0.4, -0.2) is 19.5 Å². The summed E-state index contributed by atoms with van der Waals surface area (Å²) in [6.07, 6.45) is 0. The van der Waals surface area contributed by atoms with Crippen molar-refractivity contribution in [2.45, 2.75) is 0 Å². The molecule has 0 radical (unpaired) electrons. The average molecular weight is 581 g/mol. The molecule has 4 nitrogen and oxygen atoms in total. The predicted molar refractivity (Wildman–Crippen MR) is 183 cm³/mol. The predicted octanol–water partition coefficient (Wildman–Crippen LogP) is 10.3. The van der Waals surface area contributed by atoms with Crippen LogP contribution in [0, 0.1) is 0 Å². The Kier molecular flexibility index (Phi) is 5.64. The molecular weight excluding hydrogens is 557 g/mol. The van der Waals surface area contributed by atoms with E-state index in [9.17, 15) is 0 Å². The van der Waals surface area contributed by atoms with Gasteiger partial charge in [-0.3, -0.25) is 0 Å². The van der Waals surface area contributed by atoms with Gasteiger partial charge < -0.3 is 4.57 Å². The van der Waals surface area contributed by atoms with Gasteiger partial charge in [-0.15, -0.1) is 11.3 Å². The van der Waals surface area contributed by atoms with Gasteiger partial charge in [0, 0.05) is 53.3 Å². The van der Waals surface area contributed by atoms with Crippen molar-refractivity contribution >= 4 is 53.3 Å². The number of thiophene rings is 1. The molecule has 44 heavy (non-hydrogen) atoms. The van der Waals surface area contributed by atoms with Gasteiger partial charge in [0.25, 0.3) is 0 Å². The number of fused-ring (bicyclic) bond motifs is 6. The largest absolute Gasteiger partial charge is 0.309 e. The van der Waals surface area contributed by atoms with Crippen molar-refractivity contribution in [3.63, 3.8) is 0 Å². The van der Waals surface area contributed by atoms with E-state index in [1.165, 1.54) is 31.1 Å². The Balaban J connectivity index is 1.29. The fraction of sp³-hybridized carbons (Fsp3) is 0. The number of hydrogen-bond donors (Lipinski definition) is 0. The van der Waals surface area contributed by atoms with Crippen molar-refractivity contribution in [1.82, 2.24) is 19.5 Å². The van der Waals surface area contributed by atoms with E-state index < -0.39 is 0 Å². The van der Waals surface area contributed by atoms with E-state index in [4.69, 9.17) is 15.0 Å². The molecule has 0 fully saturated rings. The van der Waals surface area contributed by atoms with E-state index in [-0.39, 0.29) is 0 Å². The standard InChI is InChI=1S/C39H24N4S/c1-3-12-25(13-4-1)37-40-38(42-39(41-37)31-19-11-18-30-29-17-8-10-21-35(29)44-36(30)31)26-22-23-34-32(24-26)28-16-7-9-20-33(28)43(34)27-14-5-2-6-15-27/h1-24H. The lowest BCUT2D eigenvalue weighted by atomic mass is 10.1. The number of aromatic nitrogens is 4. The van der Waals surface area contributed by atoms with E-state index in [1.54, 1.807) is 11.3 Å². The summed E-state index contributed by atoms with van der Waals surface area (Å²) < 4.78 is 4.77. The zero-order chi connectivity index (χ0) is 29.0. The fourth-order valence-electron chi connectivity index (χ4n) is 6.23. The second-order valence-corrected chi connectivity index (χ2v) is 11.9. The lowest BCUT2D eigenvalue weighted by Crippen LogP contribution is -2.00. The second kappa shape index (κ2) is 9.97. The van der Waals surface area contributed by atoms with Crippen LogP contribution in [0.15, 0.2) is 146 Å². The molecule has 9 rings (SSSR count). The van der Waals surface area contributed by atoms with Crippen molar-refractivity contribution in [2.75, 3.05) is 0 Å². The minimum absolute atomic E-state index is 0.658. The first kappa shape index (κ1) is 24.9. The summed E-state index contributed by atoms with van der Waals surface area (Å²) in [5.74, 6) is 2.00. The van der Waals surface area contributed by atoms with Crippen LogP contribution in [0.25, 0.3) is 81.8 Å². The highest BCUT2D eigenvalue weighted by Gasteiger charge is 2.18. The van der Waals surface area contributed by atoms with E-state index in [0.29, 0.717) is 17.5 Å². The Hall–Kier alpha value is -5.65. The summed E-state index contributed by atoms with van der Waals surface area (Å²) in [6, 6.07) is 50.8. The molecule has 0 aliphatic heterocycles. The lowest BCUT2D eigenvalue weighted by molar-refractivity contribution is 1.08. The molecule has 0 N–H and O–H groups in total. The highest BCUT2D eigenvalue weighted by molar-refractivity contribution is 7.26. The molecule has 0 amide bonds. The highest BCUT2D eigenvalue weighted by Crippen LogP contribution is 2.40. The molecule has 0 aliphatic rings. The zero-order valence-electron chi connectivity index (χ0n) is 23.6. The molecule has 0 spiro atoms. The van der Waals surface area contributed by atoms with Gasteiger partial charge in [0.05, 0.1) is 11.0 Å². The Morgan fingerprint density at radius 1 is 0.432 bits per heavy atom. The highest BCUT2D eigenvalue weighted by atomic mass is 32.1. The van der Waals surface area contributed by atoms with Gasteiger partial charge in [-0.1, -0.05) is 97.1 Å². The smallest absolute Gasteiger partial charge is 0.165 e. The molecular formula is C39H24N4S. The summed E-state index contributed by atoms with van der Waals surface area (Å²) in [5.41, 5.74) is 6.39. The maximum atomic E-state index is 5.15. The topological polar surface area (TPSA) is 43.6 Å². The van der Waals surface area contributed by atoms with Crippen molar-refractivity contribution in [1.29, 1.82) is 0 Å². The summed E-state index contributed by atoms with van der Waals surface area (Å²) in [4.78, 5) is 15.3. The van der Waals surface area contributed by atoms with Crippen LogP contribution in [0.3, 0.4) is 0 Å². The molecule has 3 aromatic heterocycles. The van der Waals surface area contributed by atoms with Gasteiger partial charge in [-0.05, 0) is 48.5 Å². The van der Waals surface area contributed by atoms with E-state index >= 15 is 0 Å². The summed E-state index contributed by atoms with van der Waals surface area (Å²) >= 11 is 1.79. The third kappa shape index (κ3) is 3.94. The van der Waals surface area contributed by atoms with Crippen LogP contribution in [0.4, 0.5) is 0 Å². The summed E-state index contributed by atoms with van der Waals surface area (Å²) in [7, 11) is 0. The molecule has 0 saturated carbocycles. The fourth-order valence-corrected chi connectivity index (χ4v) is 7.44. The zero-order valence-corrected chi connectivity index (χ0v) is 24.4. The van der Waals surface area contributed by atoms with Crippen LogP contribution < -0.4 is 0 Å². The van der Waals surface area contributed by atoms with E-state index in [1.807, 2.05) is 18.2 Å². The number of hydrogen-bond acceptors (Lipinski definition) is 4. The van der Waals surface area contributed by atoms with Gasteiger partial charge in [0.2, 0.25) is 0 Å². The van der Waals surface area contributed by atoms with E-state index in [0.717, 1.165) is 33.3 Å². The Labute approximate surface area is 257 Å². The SMILES string of the molecule is c1ccc(-c2nc(-c3ccc4c(c3)c3ccccc3n4-c3ccccc3)nc(-c3cccc4c3sc3ccccc34)n2)cc1. The number of benzene rings is 6. The normalized spacial score (nSPS) is 11.6. The van der Waals surface area contributed by atoms with E-state index in [2.05, 4.69) is 132 Å². The van der Waals surface area contributed by atoms with Crippen molar-refractivity contribution in [2.24, 2.45) is 0 Å². The van der Waals surface area contributed by atoms with Gasteiger partial charge in [0.1, 0.15) is 0 Å². The quantitative estimate of drug-likeness (QED) is 0.208. The van der Waals surface area contributed by atoms with Crippen molar-refractivity contribution in [3.05, 3.63) is 146 Å².